The maximum absolute atomic E-state index is 11.8. The van der Waals surface area contributed by atoms with Crippen molar-refractivity contribution in [1.82, 2.24) is 5.32 Å². The number of amides is 3. The van der Waals surface area contributed by atoms with E-state index in [2.05, 4.69) is 22.5 Å². The zero-order valence-corrected chi connectivity index (χ0v) is 13.4. The van der Waals surface area contributed by atoms with Crippen LogP contribution in [0.3, 0.4) is 0 Å². The van der Waals surface area contributed by atoms with Gasteiger partial charge in [0, 0.05) is 11.4 Å². The van der Waals surface area contributed by atoms with Crippen molar-refractivity contribution in [2.45, 2.75) is 26.4 Å². The summed E-state index contributed by atoms with van der Waals surface area (Å²) in [6.07, 6.45) is 0.482. The number of hydrogen-bond acceptors (Lipinski definition) is 4. The van der Waals surface area contributed by atoms with Crippen LogP contribution >= 0.6 is 0 Å². The van der Waals surface area contributed by atoms with E-state index in [-0.39, 0.29) is 12.5 Å². The van der Waals surface area contributed by atoms with Crippen LogP contribution in [0, 0.1) is 0 Å². The van der Waals surface area contributed by atoms with Crippen molar-refractivity contribution in [2.75, 3.05) is 17.2 Å². The van der Waals surface area contributed by atoms with E-state index < -0.39 is 17.6 Å². The standard InChI is InChI=1S/C16H21N3O4/c1-5-13(20)18-11-7-6-8-12(9-11)19-14(21)10-17-15(22)23-16(2,3)4/h5-9H,1,10H2,2-4H3,(H,17,22)(H,18,20)(H,19,21). The summed E-state index contributed by atoms with van der Waals surface area (Å²) in [6, 6.07) is 6.60. The highest BCUT2D eigenvalue weighted by atomic mass is 16.6. The molecule has 7 heteroatoms. The second-order valence-corrected chi connectivity index (χ2v) is 5.68. The third kappa shape index (κ3) is 7.66. The maximum atomic E-state index is 11.8. The van der Waals surface area contributed by atoms with E-state index in [9.17, 15) is 14.4 Å². The Bertz CT molecular complexity index is 606. The molecule has 1 aromatic rings. The van der Waals surface area contributed by atoms with Crippen molar-refractivity contribution < 1.29 is 19.1 Å². The van der Waals surface area contributed by atoms with E-state index in [1.54, 1.807) is 45.0 Å². The summed E-state index contributed by atoms with van der Waals surface area (Å²) in [7, 11) is 0. The minimum atomic E-state index is -0.667. The first kappa shape index (κ1) is 18.2. The van der Waals surface area contributed by atoms with Gasteiger partial charge in [-0.15, -0.1) is 0 Å². The molecule has 3 N–H and O–H groups in total. The first-order valence-corrected chi connectivity index (χ1v) is 7.00. The Labute approximate surface area is 135 Å². The molecule has 0 unspecified atom stereocenters. The molecule has 0 fully saturated rings. The molecule has 0 spiro atoms. The van der Waals surface area contributed by atoms with Gasteiger partial charge < -0.3 is 20.7 Å². The number of carbonyl (C=O) groups is 3. The Balaban J connectivity index is 2.51. The fraction of sp³-hybridized carbons (Fsp3) is 0.312. The summed E-state index contributed by atoms with van der Waals surface area (Å²) in [4.78, 5) is 34.5. The monoisotopic (exact) mass is 319 g/mol. The third-order valence-electron chi connectivity index (χ3n) is 2.39. The van der Waals surface area contributed by atoms with Gasteiger partial charge in [0.05, 0.1) is 0 Å². The Kier molecular flexibility index (Phi) is 6.32. The lowest BCUT2D eigenvalue weighted by atomic mass is 10.2. The first-order chi connectivity index (χ1) is 10.7. The minimum absolute atomic E-state index is 0.224. The lowest BCUT2D eigenvalue weighted by molar-refractivity contribution is -0.115. The highest BCUT2D eigenvalue weighted by Gasteiger charge is 2.16. The topological polar surface area (TPSA) is 96.5 Å². The molecule has 0 aliphatic heterocycles. The van der Waals surface area contributed by atoms with E-state index in [1.165, 1.54) is 0 Å². The third-order valence-corrected chi connectivity index (χ3v) is 2.39. The molecule has 0 aromatic heterocycles. The van der Waals surface area contributed by atoms with Crippen LogP contribution < -0.4 is 16.0 Å². The first-order valence-electron chi connectivity index (χ1n) is 7.00. The van der Waals surface area contributed by atoms with Gasteiger partial charge in [0.25, 0.3) is 0 Å². The van der Waals surface area contributed by atoms with E-state index in [0.29, 0.717) is 11.4 Å². The molecule has 1 aromatic carbocycles. The van der Waals surface area contributed by atoms with Gasteiger partial charge in [-0.05, 0) is 45.0 Å². The van der Waals surface area contributed by atoms with Gasteiger partial charge in [-0.25, -0.2) is 4.79 Å². The van der Waals surface area contributed by atoms with Crippen LogP contribution in [-0.4, -0.2) is 30.1 Å². The van der Waals surface area contributed by atoms with Crippen molar-refractivity contribution >= 4 is 29.3 Å². The van der Waals surface area contributed by atoms with Gasteiger partial charge >= 0.3 is 6.09 Å². The molecule has 0 radical (unpaired) electrons. The van der Waals surface area contributed by atoms with Crippen LogP contribution in [0.1, 0.15) is 20.8 Å². The number of benzene rings is 1. The summed E-state index contributed by atoms with van der Waals surface area (Å²) in [5.41, 5.74) is 0.383. The minimum Gasteiger partial charge on any atom is -0.444 e. The normalized spacial score (nSPS) is 10.4. The van der Waals surface area contributed by atoms with Crippen LogP contribution in [0.5, 0.6) is 0 Å². The molecule has 3 amide bonds. The Morgan fingerprint density at radius 1 is 1.17 bits per heavy atom. The van der Waals surface area contributed by atoms with Crippen molar-refractivity contribution in [3.63, 3.8) is 0 Å². The maximum Gasteiger partial charge on any atom is 0.408 e. The van der Waals surface area contributed by atoms with E-state index >= 15 is 0 Å². The van der Waals surface area contributed by atoms with Gasteiger partial charge in [0.15, 0.2) is 0 Å². The molecule has 0 atom stereocenters. The number of nitrogens with one attached hydrogen (secondary N) is 3. The van der Waals surface area contributed by atoms with Crippen LogP contribution in [0.4, 0.5) is 16.2 Å². The summed E-state index contributed by atoms with van der Waals surface area (Å²) in [5.74, 6) is -0.761. The zero-order chi connectivity index (χ0) is 17.5. The molecule has 0 bridgehead atoms. The molecule has 1 rings (SSSR count). The zero-order valence-electron chi connectivity index (χ0n) is 13.4. The predicted molar refractivity (Wildman–Crippen MR) is 88.1 cm³/mol. The number of alkyl carbamates (subject to hydrolysis) is 1. The van der Waals surface area contributed by atoms with Gasteiger partial charge in [0.1, 0.15) is 12.1 Å². The van der Waals surface area contributed by atoms with E-state index in [0.717, 1.165) is 6.08 Å². The lowest BCUT2D eigenvalue weighted by Gasteiger charge is -2.19. The summed E-state index contributed by atoms with van der Waals surface area (Å²) >= 11 is 0. The van der Waals surface area contributed by atoms with E-state index in [1.807, 2.05) is 0 Å². The van der Waals surface area contributed by atoms with Gasteiger partial charge in [-0.3, -0.25) is 9.59 Å². The number of anilines is 2. The number of hydrogen-bond donors (Lipinski definition) is 3. The second kappa shape index (κ2) is 7.98. The molecule has 0 heterocycles. The summed E-state index contributed by atoms with van der Waals surface area (Å²) in [6.45, 7) is 8.33. The molecule has 0 aliphatic rings. The largest absolute Gasteiger partial charge is 0.444 e. The van der Waals surface area contributed by atoms with Crippen molar-refractivity contribution in [1.29, 1.82) is 0 Å². The van der Waals surface area contributed by atoms with Crippen molar-refractivity contribution in [2.24, 2.45) is 0 Å². The Hall–Kier alpha value is -2.83. The molecule has 124 valence electrons. The quantitative estimate of drug-likeness (QED) is 0.725. The number of ether oxygens (including phenoxy) is 1. The van der Waals surface area contributed by atoms with Crippen LogP contribution in [0.2, 0.25) is 0 Å². The highest BCUT2D eigenvalue weighted by Crippen LogP contribution is 2.15. The Morgan fingerprint density at radius 2 is 1.78 bits per heavy atom. The molecule has 7 nitrogen and oxygen atoms in total. The Morgan fingerprint density at radius 3 is 2.35 bits per heavy atom. The SMILES string of the molecule is C=CC(=O)Nc1cccc(NC(=O)CNC(=O)OC(C)(C)C)c1. The average molecular weight is 319 g/mol. The molecule has 0 aliphatic carbocycles. The van der Waals surface area contributed by atoms with Crippen LogP contribution in [0.25, 0.3) is 0 Å². The van der Waals surface area contributed by atoms with E-state index in [4.69, 9.17) is 4.74 Å². The average Bonchev–Trinajstić information content (AvgIpc) is 2.43. The smallest absolute Gasteiger partial charge is 0.408 e. The molecule has 23 heavy (non-hydrogen) atoms. The number of carbonyl (C=O) groups excluding carboxylic acids is 3. The summed E-state index contributed by atoms with van der Waals surface area (Å²) in [5, 5.41) is 7.55. The molecule has 0 saturated heterocycles. The van der Waals surface area contributed by atoms with Gasteiger partial charge in [-0.2, -0.15) is 0 Å². The second-order valence-electron chi connectivity index (χ2n) is 5.68. The number of rotatable bonds is 5. The molecular weight excluding hydrogens is 298 g/mol. The van der Waals surface area contributed by atoms with Crippen molar-refractivity contribution in [3.05, 3.63) is 36.9 Å². The lowest BCUT2D eigenvalue weighted by Crippen LogP contribution is -2.37. The van der Waals surface area contributed by atoms with Crippen LogP contribution in [-0.2, 0) is 14.3 Å². The fourth-order valence-corrected chi connectivity index (χ4v) is 1.54. The van der Waals surface area contributed by atoms with Gasteiger partial charge in [0.2, 0.25) is 11.8 Å². The highest BCUT2D eigenvalue weighted by molar-refractivity contribution is 6.00. The molecule has 0 saturated carbocycles. The van der Waals surface area contributed by atoms with Gasteiger partial charge in [-0.1, -0.05) is 12.6 Å². The van der Waals surface area contributed by atoms with Crippen molar-refractivity contribution in [3.8, 4) is 0 Å². The predicted octanol–water partition coefficient (Wildman–Crippen LogP) is 2.27. The van der Waals surface area contributed by atoms with Crippen LogP contribution in [0.15, 0.2) is 36.9 Å². The fourth-order valence-electron chi connectivity index (χ4n) is 1.54. The molecular formula is C16H21N3O4. The summed E-state index contributed by atoms with van der Waals surface area (Å²) < 4.78 is 5.03.